The van der Waals surface area contributed by atoms with Crippen molar-refractivity contribution in [1.82, 2.24) is 4.31 Å². The molecule has 1 aliphatic heterocycles. The normalized spacial score (nSPS) is 21.4. The standard InChI is InChI=1S/C6H11ClN2S/c1-6(2,3)9-4-8-5(7)10-9/h4H2,1-3H3. The lowest BCUT2D eigenvalue weighted by atomic mass is 10.1. The Morgan fingerprint density at radius 3 is 2.40 bits per heavy atom. The minimum Gasteiger partial charge on any atom is -0.249 e. The molecule has 0 amide bonds. The van der Waals surface area contributed by atoms with Crippen LogP contribution in [-0.2, 0) is 0 Å². The van der Waals surface area contributed by atoms with Crippen LogP contribution in [0.5, 0.6) is 0 Å². The smallest absolute Gasteiger partial charge is 0.174 e. The third-order valence-corrected chi connectivity index (χ3v) is 2.75. The van der Waals surface area contributed by atoms with E-state index in [1.54, 1.807) is 0 Å². The van der Waals surface area contributed by atoms with E-state index in [0.29, 0.717) is 11.2 Å². The van der Waals surface area contributed by atoms with Crippen LogP contribution in [0.25, 0.3) is 0 Å². The maximum Gasteiger partial charge on any atom is 0.174 e. The summed E-state index contributed by atoms with van der Waals surface area (Å²) in [7, 11) is 0. The van der Waals surface area contributed by atoms with Gasteiger partial charge in [0.15, 0.2) is 4.50 Å². The first-order valence-corrected chi connectivity index (χ1v) is 4.31. The molecule has 0 bridgehead atoms. The van der Waals surface area contributed by atoms with Crippen LogP contribution in [0.4, 0.5) is 0 Å². The molecular formula is C6H11ClN2S. The zero-order valence-corrected chi connectivity index (χ0v) is 7.96. The van der Waals surface area contributed by atoms with E-state index in [4.69, 9.17) is 11.6 Å². The van der Waals surface area contributed by atoms with Crippen LogP contribution in [0, 0.1) is 0 Å². The molecule has 0 unspecified atom stereocenters. The van der Waals surface area contributed by atoms with Gasteiger partial charge in [0.25, 0.3) is 0 Å². The summed E-state index contributed by atoms with van der Waals surface area (Å²) in [6.45, 7) is 7.15. The number of hydrogen-bond acceptors (Lipinski definition) is 3. The average Bonchev–Trinajstić information content (AvgIpc) is 2.11. The van der Waals surface area contributed by atoms with Crippen molar-refractivity contribution in [3.05, 3.63) is 0 Å². The first kappa shape index (κ1) is 8.37. The van der Waals surface area contributed by atoms with Crippen LogP contribution in [0.3, 0.4) is 0 Å². The molecule has 0 aliphatic carbocycles. The van der Waals surface area contributed by atoms with E-state index in [1.165, 1.54) is 11.9 Å². The first-order valence-electron chi connectivity index (χ1n) is 3.16. The third kappa shape index (κ3) is 1.87. The minimum atomic E-state index is 0.158. The molecule has 0 radical (unpaired) electrons. The molecule has 58 valence electrons. The maximum atomic E-state index is 5.68. The molecule has 0 saturated carbocycles. The Labute approximate surface area is 70.8 Å². The lowest BCUT2D eigenvalue weighted by Gasteiger charge is -2.28. The number of aliphatic imine (C=N–C) groups is 1. The van der Waals surface area contributed by atoms with Gasteiger partial charge in [0.2, 0.25) is 0 Å². The molecule has 1 aliphatic rings. The number of nitrogens with zero attached hydrogens (tertiary/aromatic N) is 2. The second-order valence-corrected chi connectivity index (χ2v) is 4.79. The molecule has 0 fully saturated rings. The Bertz CT molecular complexity index is 162. The van der Waals surface area contributed by atoms with Crippen LogP contribution in [-0.4, -0.2) is 21.0 Å². The van der Waals surface area contributed by atoms with Crippen molar-refractivity contribution < 1.29 is 0 Å². The Morgan fingerprint density at radius 2 is 2.20 bits per heavy atom. The van der Waals surface area contributed by atoms with Crippen LogP contribution in [0.1, 0.15) is 20.8 Å². The highest BCUT2D eigenvalue weighted by molar-refractivity contribution is 8.15. The molecule has 0 aromatic heterocycles. The highest BCUT2D eigenvalue weighted by Crippen LogP contribution is 2.29. The van der Waals surface area contributed by atoms with Gasteiger partial charge in [0, 0.05) is 5.54 Å². The Balaban J connectivity index is 2.50. The van der Waals surface area contributed by atoms with Crippen LogP contribution in [0.15, 0.2) is 4.99 Å². The van der Waals surface area contributed by atoms with Gasteiger partial charge in [-0.25, -0.2) is 9.30 Å². The van der Waals surface area contributed by atoms with Crippen molar-refractivity contribution >= 4 is 28.1 Å². The van der Waals surface area contributed by atoms with Gasteiger partial charge in [-0.1, -0.05) is 11.6 Å². The van der Waals surface area contributed by atoms with E-state index in [-0.39, 0.29) is 5.54 Å². The predicted octanol–water partition coefficient (Wildman–Crippen LogP) is 2.30. The van der Waals surface area contributed by atoms with Crippen molar-refractivity contribution in [1.29, 1.82) is 0 Å². The molecule has 1 rings (SSSR count). The van der Waals surface area contributed by atoms with E-state index in [1.807, 2.05) is 0 Å². The van der Waals surface area contributed by atoms with Crippen molar-refractivity contribution in [2.45, 2.75) is 26.3 Å². The van der Waals surface area contributed by atoms with Gasteiger partial charge in [-0.15, -0.1) is 0 Å². The van der Waals surface area contributed by atoms with Gasteiger partial charge >= 0.3 is 0 Å². The fourth-order valence-electron chi connectivity index (χ4n) is 0.618. The molecule has 10 heavy (non-hydrogen) atoms. The summed E-state index contributed by atoms with van der Waals surface area (Å²) in [6.07, 6.45) is 0. The largest absolute Gasteiger partial charge is 0.249 e. The van der Waals surface area contributed by atoms with Gasteiger partial charge in [0.1, 0.15) is 6.67 Å². The zero-order valence-electron chi connectivity index (χ0n) is 6.39. The summed E-state index contributed by atoms with van der Waals surface area (Å²) in [5.41, 5.74) is 0.158. The first-order chi connectivity index (χ1) is 4.50. The summed E-state index contributed by atoms with van der Waals surface area (Å²) >= 11 is 7.21. The number of rotatable bonds is 0. The second-order valence-electron chi connectivity index (χ2n) is 3.19. The highest BCUT2D eigenvalue weighted by atomic mass is 35.5. The van der Waals surface area contributed by atoms with Crippen LogP contribution in [0.2, 0.25) is 0 Å². The number of halogens is 1. The minimum absolute atomic E-state index is 0.158. The van der Waals surface area contributed by atoms with Gasteiger partial charge in [-0.2, -0.15) is 0 Å². The van der Waals surface area contributed by atoms with Gasteiger partial charge in [0.05, 0.1) is 0 Å². The van der Waals surface area contributed by atoms with Gasteiger partial charge in [-0.05, 0) is 32.7 Å². The summed E-state index contributed by atoms with van der Waals surface area (Å²) in [4.78, 5) is 4.05. The third-order valence-electron chi connectivity index (χ3n) is 1.26. The quantitative estimate of drug-likeness (QED) is 0.529. The van der Waals surface area contributed by atoms with Crippen molar-refractivity contribution in [2.24, 2.45) is 4.99 Å². The van der Waals surface area contributed by atoms with Gasteiger partial charge < -0.3 is 0 Å². The molecule has 0 aromatic carbocycles. The second kappa shape index (κ2) is 2.72. The topological polar surface area (TPSA) is 15.6 Å². The monoisotopic (exact) mass is 178 g/mol. The van der Waals surface area contributed by atoms with Crippen LogP contribution >= 0.6 is 23.5 Å². The molecule has 0 atom stereocenters. The number of hydrogen-bond donors (Lipinski definition) is 0. The van der Waals surface area contributed by atoms with E-state index in [9.17, 15) is 0 Å². The lowest BCUT2D eigenvalue weighted by Crippen LogP contribution is -2.34. The Hall–Kier alpha value is 0.270. The lowest BCUT2D eigenvalue weighted by molar-refractivity contribution is 0.287. The molecular weight excluding hydrogens is 168 g/mol. The predicted molar refractivity (Wildman–Crippen MR) is 47.3 cm³/mol. The van der Waals surface area contributed by atoms with Crippen molar-refractivity contribution in [3.63, 3.8) is 0 Å². The van der Waals surface area contributed by atoms with E-state index in [2.05, 4.69) is 30.1 Å². The molecule has 0 aromatic rings. The summed E-state index contributed by atoms with van der Waals surface area (Å²) in [6, 6.07) is 0. The van der Waals surface area contributed by atoms with Crippen molar-refractivity contribution in [2.75, 3.05) is 6.67 Å². The molecule has 4 heteroatoms. The zero-order chi connectivity index (χ0) is 7.78. The van der Waals surface area contributed by atoms with Crippen molar-refractivity contribution in [3.8, 4) is 0 Å². The molecule has 0 saturated heterocycles. The highest BCUT2D eigenvalue weighted by Gasteiger charge is 2.26. The van der Waals surface area contributed by atoms with Gasteiger partial charge in [-0.3, -0.25) is 0 Å². The maximum absolute atomic E-state index is 5.68. The SMILES string of the molecule is CC(C)(C)N1CN=C(Cl)S1. The van der Waals surface area contributed by atoms with E-state index >= 15 is 0 Å². The fourth-order valence-corrected chi connectivity index (χ4v) is 1.61. The molecule has 1 heterocycles. The van der Waals surface area contributed by atoms with E-state index < -0.39 is 0 Å². The van der Waals surface area contributed by atoms with Crippen LogP contribution < -0.4 is 0 Å². The molecule has 2 nitrogen and oxygen atoms in total. The Kier molecular flexibility index (Phi) is 2.28. The fraction of sp³-hybridized carbons (Fsp3) is 0.833. The molecule has 0 N–H and O–H groups in total. The average molecular weight is 179 g/mol. The van der Waals surface area contributed by atoms with E-state index in [0.717, 1.165) is 0 Å². The Morgan fingerprint density at radius 1 is 1.60 bits per heavy atom. The summed E-state index contributed by atoms with van der Waals surface area (Å²) in [5, 5.41) is 0. The molecule has 0 spiro atoms. The summed E-state index contributed by atoms with van der Waals surface area (Å²) in [5.74, 6) is 0. The summed E-state index contributed by atoms with van der Waals surface area (Å²) < 4.78 is 2.80.